The van der Waals surface area contributed by atoms with Gasteiger partial charge in [-0.05, 0) is 80.9 Å². The average Bonchev–Trinajstić information content (AvgIpc) is 3.23. The Bertz CT molecular complexity index is 2210. The molecule has 0 amide bonds. The SMILES string of the molecule is C=CCc1cc(C(C)(C)c2ccc(OCC(O)COc3ccc4ccccc4c3C=O)c(CC=C)c2)ccc1OCC(O)COc1ccc2ccccc2c1C=O. The minimum absolute atomic E-state index is 0.00664. The standard InChI is InChI=1S/C49H48O8/c1-5-11-35-25-37(19-23-45(35)54-29-39(52)31-56-47-21-17-33-13-7-9-15-41(33)43(47)27-50)49(3,4)38-20-24-46(36(26-38)12-6-2)55-30-40(53)32-57-48-22-18-34-14-8-10-16-42(34)44(48)28-51/h5-10,13-28,39-40,52-53H,1-2,11-12,29-32H2,3-4H3. The number of aliphatic hydroxyl groups excluding tert-OH is 2. The number of benzene rings is 6. The third-order valence-electron chi connectivity index (χ3n) is 10.1. The number of ether oxygens (including phenoxy) is 4. The van der Waals surface area contributed by atoms with Crippen LogP contribution in [0.1, 0.15) is 56.8 Å². The maximum Gasteiger partial charge on any atom is 0.154 e. The van der Waals surface area contributed by atoms with Gasteiger partial charge in [-0.2, -0.15) is 0 Å². The Morgan fingerprint density at radius 2 is 0.912 bits per heavy atom. The number of fused-ring (bicyclic) bond motifs is 2. The van der Waals surface area contributed by atoms with Gasteiger partial charge in [0, 0.05) is 5.41 Å². The van der Waals surface area contributed by atoms with E-state index in [0.717, 1.165) is 56.4 Å². The van der Waals surface area contributed by atoms with E-state index in [1.807, 2.05) is 97.1 Å². The monoisotopic (exact) mass is 764 g/mol. The number of allylic oxidation sites excluding steroid dienone is 2. The van der Waals surface area contributed by atoms with E-state index in [0.29, 0.717) is 47.0 Å². The predicted molar refractivity (Wildman–Crippen MR) is 225 cm³/mol. The van der Waals surface area contributed by atoms with Crippen LogP contribution in [-0.2, 0) is 18.3 Å². The van der Waals surface area contributed by atoms with Gasteiger partial charge in [0.1, 0.15) is 61.6 Å². The number of hydrogen-bond donors (Lipinski definition) is 2. The molecule has 8 heteroatoms. The summed E-state index contributed by atoms with van der Waals surface area (Å²) in [5.74, 6) is 2.09. The van der Waals surface area contributed by atoms with E-state index >= 15 is 0 Å². The first kappa shape index (κ1) is 40.4. The minimum atomic E-state index is -0.943. The van der Waals surface area contributed by atoms with Crippen molar-refractivity contribution in [2.45, 2.75) is 44.3 Å². The van der Waals surface area contributed by atoms with Crippen LogP contribution in [0.2, 0.25) is 0 Å². The van der Waals surface area contributed by atoms with Crippen molar-refractivity contribution in [1.29, 1.82) is 0 Å². The lowest BCUT2D eigenvalue weighted by atomic mass is 9.76. The van der Waals surface area contributed by atoms with E-state index in [1.54, 1.807) is 12.1 Å². The number of hydrogen-bond acceptors (Lipinski definition) is 8. The van der Waals surface area contributed by atoms with Gasteiger partial charge in [-0.1, -0.05) is 111 Å². The zero-order chi connectivity index (χ0) is 40.4. The Labute approximate surface area is 333 Å². The molecule has 292 valence electrons. The van der Waals surface area contributed by atoms with Crippen molar-refractivity contribution in [1.82, 2.24) is 0 Å². The van der Waals surface area contributed by atoms with Gasteiger partial charge in [0.05, 0.1) is 11.1 Å². The van der Waals surface area contributed by atoms with E-state index in [9.17, 15) is 19.8 Å². The van der Waals surface area contributed by atoms with Crippen molar-refractivity contribution >= 4 is 34.1 Å². The van der Waals surface area contributed by atoms with Crippen LogP contribution >= 0.6 is 0 Å². The van der Waals surface area contributed by atoms with Gasteiger partial charge >= 0.3 is 0 Å². The smallest absolute Gasteiger partial charge is 0.154 e. The lowest BCUT2D eigenvalue weighted by Crippen LogP contribution is -2.26. The van der Waals surface area contributed by atoms with Gasteiger partial charge in [0.2, 0.25) is 0 Å². The molecular formula is C49H48O8. The molecule has 0 saturated carbocycles. The lowest BCUT2D eigenvalue weighted by Gasteiger charge is -2.28. The molecule has 0 heterocycles. The average molecular weight is 765 g/mol. The Kier molecular flexibility index (Phi) is 13.2. The summed E-state index contributed by atoms with van der Waals surface area (Å²) >= 11 is 0. The summed E-state index contributed by atoms with van der Waals surface area (Å²) in [5.41, 5.74) is 4.43. The molecule has 0 radical (unpaired) electrons. The third-order valence-corrected chi connectivity index (χ3v) is 10.1. The molecule has 0 aliphatic rings. The van der Waals surface area contributed by atoms with E-state index < -0.39 is 17.6 Å². The van der Waals surface area contributed by atoms with E-state index in [4.69, 9.17) is 18.9 Å². The molecule has 2 N–H and O–H groups in total. The quantitative estimate of drug-likeness (QED) is 0.0586. The van der Waals surface area contributed by atoms with Crippen LogP contribution in [0.15, 0.2) is 135 Å². The number of carbonyl (C=O) groups excluding carboxylic acids is 2. The molecule has 8 nitrogen and oxygen atoms in total. The number of aldehydes is 2. The molecule has 0 bridgehead atoms. The van der Waals surface area contributed by atoms with Gasteiger partial charge in [-0.3, -0.25) is 9.59 Å². The first-order chi connectivity index (χ1) is 27.7. The van der Waals surface area contributed by atoms with Crippen molar-refractivity contribution in [2.24, 2.45) is 0 Å². The van der Waals surface area contributed by atoms with Crippen molar-refractivity contribution in [2.75, 3.05) is 26.4 Å². The topological polar surface area (TPSA) is 112 Å². The lowest BCUT2D eigenvalue weighted by molar-refractivity contribution is 0.0620. The van der Waals surface area contributed by atoms with E-state index in [-0.39, 0.29) is 26.4 Å². The summed E-state index contributed by atoms with van der Waals surface area (Å²) in [6.07, 6.45) is 4.41. The van der Waals surface area contributed by atoms with Crippen LogP contribution in [-0.4, -0.2) is 61.4 Å². The molecule has 0 spiro atoms. The molecule has 0 aromatic heterocycles. The predicted octanol–water partition coefficient (Wildman–Crippen LogP) is 9.04. The largest absolute Gasteiger partial charge is 0.490 e. The van der Waals surface area contributed by atoms with Crippen LogP contribution in [0.5, 0.6) is 23.0 Å². The van der Waals surface area contributed by atoms with Gasteiger partial charge in [-0.15, -0.1) is 13.2 Å². The maximum absolute atomic E-state index is 11.9. The van der Waals surface area contributed by atoms with Gasteiger partial charge in [0.15, 0.2) is 12.6 Å². The van der Waals surface area contributed by atoms with Gasteiger partial charge < -0.3 is 29.2 Å². The van der Waals surface area contributed by atoms with Crippen LogP contribution in [0.4, 0.5) is 0 Å². The molecule has 0 saturated heterocycles. The number of rotatable bonds is 20. The van der Waals surface area contributed by atoms with Crippen LogP contribution < -0.4 is 18.9 Å². The van der Waals surface area contributed by atoms with Gasteiger partial charge in [0.25, 0.3) is 0 Å². The van der Waals surface area contributed by atoms with Crippen LogP contribution in [0.25, 0.3) is 21.5 Å². The highest BCUT2D eigenvalue weighted by molar-refractivity contribution is 6.01. The zero-order valence-electron chi connectivity index (χ0n) is 32.4. The highest BCUT2D eigenvalue weighted by atomic mass is 16.5. The van der Waals surface area contributed by atoms with Crippen molar-refractivity contribution in [3.63, 3.8) is 0 Å². The molecule has 6 aromatic carbocycles. The molecule has 57 heavy (non-hydrogen) atoms. The Balaban J connectivity index is 1.09. The number of carbonyl (C=O) groups is 2. The molecule has 2 atom stereocenters. The van der Waals surface area contributed by atoms with E-state index in [2.05, 4.69) is 39.1 Å². The van der Waals surface area contributed by atoms with E-state index in [1.165, 1.54) is 0 Å². The molecule has 0 fully saturated rings. The minimum Gasteiger partial charge on any atom is -0.490 e. The fourth-order valence-corrected chi connectivity index (χ4v) is 6.90. The van der Waals surface area contributed by atoms with Crippen LogP contribution in [0, 0.1) is 0 Å². The van der Waals surface area contributed by atoms with Crippen LogP contribution in [0.3, 0.4) is 0 Å². The molecule has 6 rings (SSSR count). The second-order valence-corrected chi connectivity index (χ2v) is 14.4. The second kappa shape index (κ2) is 18.6. The van der Waals surface area contributed by atoms with Crippen molar-refractivity contribution in [3.8, 4) is 23.0 Å². The highest BCUT2D eigenvalue weighted by Gasteiger charge is 2.26. The Hall–Kier alpha value is -6.22. The molecular weight excluding hydrogens is 717 g/mol. The summed E-state index contributed by atoms with van der Waals surface area (Å²) in [7, 11) is 0. The summed E-state index contributed by atoms with van der Waals surface area (Å²) in [6, 6.07) is 34.5. The normalized spacial score (nSPS) is 12.4. The maximum atomic E-state index is 11.9. The third kappa shape index (κ3) is 9.43. The molecule has 0 aliphatic heterocycles. The van der Waals surface area contributed by atoms with Gasteiger partial charge in [-0.25, -0.2) is 0 Å². The fraction of sp³-hybridized carbons (Fsp3) is 0.224. The number of aliphatic hydroxyl groups is 2. The fourth-order valence-electron chi connectivity index (χ4n) is 6.90. The summed E-state index contributed by atoms with van der Waals surface area (Å²) < 4.78 is 23.9. The zero-order valence-corrected chi connectivity index (χ0v) is 32.4. The second-order valence-electron chi connectivity index (χ2n) is 14.4. The Morgan fingerprint density at radius 3 is 1.30 bits per heavy atom. The first-order valence-corrected chi connectivity index (χ1v) is 19.0. The van der Waals surface area contributed by atoms with Crippen molar-refractivity contribution in [3.05, 3.63) is 168 Å². The molecule has 6 aromatic rings. The summed E-state index contributed by atoms with van der Waals surface area (Å²) in [6.45, 7) is 12.1. The first-order valence-electron chi connectivity index (χ1n) is 19.0. The Morgan fingerprint density at radius 1 is 0.544 bits per heavy atom. The highest BCUT2D eigenvalue weighted by Crippen LogP contribution is 2.37. The van der Waals surface area contributed by atoms with Crippen molar-refractivity contribution < 1.29 is 38.7 Å². The molecule has 0 aliphatic carbocycles. The summed E-state index contributed by atoms with van der Waals surface area (Å²) in [5, 5.41) is 25.0. The summed E-state index contributed by atoms with van der Waals surface area (Å²) in [4.78, 5) is 23.8. The molecule has 2 unspecified atom stereocenters.